The Morgan fingerprint density at radius 2 is 1.88 bits per heavy atom. The number of hydrogen-bond acceptors (Lipinski definition) is 5. The van der Waals surface area contributed by atoms with Gasteiger partial charge in [-0.15, -0.1) is 0 Å². The number of nitrogens with zero attached hydrogens (tertiary/aromatic N) is 3. The Balaban J connectivity index is 1.83. The number of carbonyl (C=O) groups is 1. The Morgan fingerprint density at radius 3 is 2.42 bits per heavy atom. The zero-order chi connectivity index (χ0) is 17.5. The lowest BCUT2D eigenvalue weighted by atomic mass is 9.80. The molecule has 1 aliphatic rings. The summed E-state index contributed by atoms with van der Waals surface area (Å²) in [6, 6.07) is 5.12. The minimum atomic E-state index is -1.16. The molecule has 3 rings (SSSR count). The summed E-state index contributed by atoms with van der Waals surface area (Å²) < 4.78 is 13.4. The van der Waals surface area contributed by atoms with Gasteiger partial charge in [0.2, 0.25) is 0 Å². The van der Waals surface area contributed by atoms with Crippen molar-refractivity contribution in [2.24, 2.45) is 0 Å². The molecule has 9 heteroatoms. The average Bonchev–Trinajstić information content (AvgIpc) is 3.01. The molecular weight excluding hydrogens is 311 g/mol. The summed E-state index contributed by atoms with van der Waals surface area (Å²) in [7, 11) is -0.495. The minimum Gasteiger partial charge on any atom is -0.465 e. The van der Waals surface area contributed by atoms with E-state index in [1.165, 1.54) is 10.9 Å². The zero-order valence-electron chi connectivity index (χ0n) is 14.0. The van der Waals surface area contributed by atoms with Crippen LogP contribution in [0.3, 0.4) is 0 Å². The molecule has 0 saturated carbocycles. The van der Waals surface area contributed by atoms with Crippen LogP contribution in [-0.4, -0.2) is 44.3 Å². The molecule has 1 fully saturated rings. The number of carboxylic acid groups (broad SMARTS) is 1. The number of amides is 1. The van der Waals surface area contributed by atoms with E-state index in [9.17, 15) is 4.79 Å². The average molecular weight is 330 g/mol. The molecule has 1 saturated heterocycles. The van der Waals surface area contributed by atoms with Crippen LogP contribution in [0.1, 0.15) is 27.7 Å². The first kappa shape index (κ1) is 16.5. The maximum atomic E-state index is 10.8. The molecule has 0 bridgehead atoms. The third-order valence-corrected chi connectivity index (χ3v) is 4.39. The first-order chi connectivity index (χ1) is 11.2. The predicted molar refractivity (Wildman–Crippen MR) is 88.7 cm³/mol. The largest absolute Gasteiger partial charge is 0.496 e. The molecule has 0 aromatic carbocycles. The van der Waals surface area contributed by atoms with E-state index in [2.05, 4.69) is 15.4 Å². The lowest BCUT2D eigenvalue weighted by Crippen LogP contribution is -2.41. The molecule has 0 radical (unpaired) electrons. The molecule has 0 unspecified atom stereocenters. The Morgan fingerprint density at radius 1 is 1.21 bits per heavy atom. The summed E-state index contributed by atoms with van der Waals surface area (Å²) in [4.78, 5) is 15.1. The van der Waals surface area contributed by atoms with E-state index in [4.69, 9.17) is 14.4 Å². The monoisotopic (exact) mass is 330 g/mol. The lowest BCUT2D eigenvalue weighted by molar-refractivity contribution is 0.00578. The van der Waals surface area contributed by atoms with Crippen LogP contribution in [0.4, 0.5) is 10.6 Å². The molecule has 24 heavy (non-hydrogen) atoms. The standard InChI is InChI=1S/C15H19BN4O4/c1-14(2)15(3,4)24-16(23-14)10-5-6-11(17-9-10)20-12(7-8-18-20)19-13(21)22/h5-9,19H,1-4H3,(H,21,22). The second-order valence-electron chi connectivity index (χ2n) is 6.60. The van der Waals surface area contributed by atoms with Crippen molar-refractivity contribution in [3.8, 4) is 5.82 Å². The summed E-state index contributed by atoms with van der Waals surface area (Å²) in [6.07, 6.45) is 1.98. The van der Waals surface area contributed by atoms with Gasteiger partial charge in [0.1, 0.15) is 5.82 Å². The Labute approximate surface area is 139 Å². The van der Waals surface area contributed by atoms with Crippen molar-refractivity contribution < 1.29 is 19.2 Å². The number of pyridine rings is 1. The molecule has 0 atom stereocenters. The molecule has 3 heterocycles. The van der Waals surface area contributed by atoms with E-state index in [0.717, 1.165) is 5.46 Å². The molecule has 2 aromatic heterocycles. The molecule has 1 amide bonds. The summed E-state index contributed by atoms with van der Waals surface area (Å²) >= 11 is 0. The van der Waals surface area contributed by atoms with E-state index >= 15 is 0 Å². The summed E-state index contributed by atoms with van der Waals surface area (Å²) in [5.41, 5.74) is -0.0503. The van der Waals surface area contributed by atoms with Crippen LogP contribution in [0, 0.1) is 0 Å². The van der Waals surface area contributed by atoms with Gasteiger partial charge in [0.25, 0.3) is 0 Å². The van der Waals surface area contributed by atoms with Gasteiger partial charge in [-0.2, -0.15) is 9.78 Å². The van der Waals surface area contributed by atoms with Gasteiger partial charge in [-0.25, -0.2) is 9.78 Å². The topological polar surface area (TPSA) is 98.5 Å². The number of aromatic nitrogens is 3. The normalized spacial score (nSPS) is 18.6. The predicted octanol–water partition coefficient (Wildman–Crippen LogP) is 1.66. The smallest absolute Gasteiger partial charge is 0.465 e. The van der Waals surface area contributed by atoms with Crippen LogP contribution in [0.5, 0.6) is 0 Å². The first-order valence-electron chi connectivity index (χ1n) is 7.55. The van der Waals surface area contributed by atoms with Crippen LogP contribution >= 0.6 is 0 Å². The highest BCUT2D eigenvalue weighted by Crippen LogP contribution is 2.36. The maximum absolute atomic E-state index is 10.8. The highest BCUT2D eigenvalue weighted by molar-refractivity contribution is 6.62. The summed E-state index contributed by atoms with van der Waals surface area (Å²) in [5, 5.41) is 15.2. The zero-order valence-corrected chi connectivity index (χ0v) is 14.0. The van der Waals surface area contributed by atoms with Crippen LogP contribution < -0.4 is 10.8 Å². The second kappa shape index (κ2) is 5.61. The van der Waals surface area contributed by atoms with Gasteiger partial charge in [-0.1, -0.05) is 6.07 Å². The van der Waals surface area contributed by atoms with Gasteiger partial charge < -0.3 is 14.4 Å². The van der Waals surface area contributed by atoms with E-state index in [1.54, 1.807) is 18.3 Å². The molecule has 0 spiro atoms. The highest BCUT2D eigenvalue weighted by atomic mass is 16.7. The van der Waals surface area contributed by atoms with Crippen LogP contribution in [0.25, 0.3) is 5.82 Å². The summed E-state index contributed by atoms with van der Waals surface area (Å²) in [6.45, 7) is 7.95. The van der Waals surface area contributed by atoms with Gasteiger partial charge >= 0.3 is 13.2 Å². The quantitative estimate of drug-likeness (QED) is 0.831. The molecule has 2 aromatic rings. The number of anilines is 1. The fourth-order valence-corrected chi connectivity index (χ4v) is 2.33. The molecule has 0 aliphatic carbocycles. The van der Waals surface area contributed by atoms with Gasteiger partial charge in [0.05, 0.1) is 17.4 Å². The van der Waals surface area contributed by atoms with Crippen LogP contribution in [0.2, 0.25) is 0 Å². The number of hydrogen-bond donors (Lipinski definition) is 2. The third-order valence-electron chi connectivity index (χ3n) is 4.39. The van der Waals surface area contributed by atoms with Crippen molar-refractivity contribution >= 4 is 24.5 Å². The van der Waals surface area contributed by atoms with E-state index < -0.39 is 24.4 Å². The number of rotatable bonds is 3. The molecule has 126 valence electrons. The Bertz CT molecular complexity index is 741. The molecule has 1 aliphatic heterocycles. The van der Waals surface area contributed by atoms with E-state index in [-0.39, 0.29) is 0 Å². The minimum absolute atomic E-state index is 0.318. The second-order valence-corrected chi connectivity index (χ2v) is 6.60. The maximum Gasteiger partial charge on any atom is 0.496 e. The molecule has 8 nitrogen and oxygen atoms in total. The van der Waals surface area contributed by atoms with E-state index in [0.29, 0.717) is 11.6 Å². The van der Waals surface area contributed by atoms with Crippen molar-refractivity contribution in [3.05, 3.63) is 30.6 Å². The van der Waals surface area contributed by atoms with Crippen LogP contribution in [0.15, 0.2) is 30.6 Å². The van der Waals surface area contributed by atoms with Crippen molar-refractivity contribution in [1.29, 1.82) is 0 Å². The third kappa shape index (κ3) is 2.88. The van der Waals surface area contributed by atoms with Gasteiger partial charge in [-0.05, 0) is 33.8 Å². The van der Waals surface area contributed by atoms with E-state index in [1.807, 2.05) is 33.8 Å². The van der Waals surface area contributed by atoms with Crippen molar-refractivity contribution in [2.75, 3.05) is 5.32 Å². The van der Waals surface area contributed by atoms with Gasteiger partial charge in [-0.3, -0.25) is 5.32 Å². The van der Waals surface area contributed by atoms with Gasteiger partial charge in [0, 0.05) is 17.7 Å². The van der Waals surface area contributed by atoms with Crippen molar-refractivity contribution in [1.82, 2.24) is 14.8 Å². The Hall–Kier alpha value is -2.39. The van der Waals surface area contributed by atoms with Crippen molar-refractivity contribution in [3.63, 3.8) is 0 Å². The number of nitrogens with one attached hydrogen (secondary N) is 1. The van der Waals surface area contributed by atoms with Gasteiger partial charge in [0.15, 0.2) is 5.82 Å². The van der Waals surface area contributed by atoms with Crippen LogP contribution in [-0.2, 0) is 9.31 Å². The Kier molecular flexibility index (Phi) is 3.85. The fraction of sp³-hybridized carbons (Fsp3) is 0.400. The summed E-state index contributed by atoms with van der Waals surface area (Å²) in [5.74, 6) is 0.808. The highest BCUT2D eigenvalue weighted by Gasteiger charge is 2.51. The lowest BCUT2D eigenvalue weighted by Gasteiger charge is -2.32. The van der Waals surface area contributed by atoms with Crippen molar-refractivity contribution in [2.45, 2.75) is 38.9 Å². The molecule has 2 N–H and O–H groups in total. The first-order valence-corrected chi connectivity index (χ1v) is 7.55. The fourth-order valence-electron chi connectivity index (χ4n) is 2.33. The molecular formula is C15H19BN4O4. The SMILES string of the molecule is CC1(C)OB(c2ccc(-n3nccc3NC(=O)O)nc2)OC1(C)C.